The molecule has 0 aliphatic rings. The molecule has 0 spiro atoms. The van der Waals surface area contributed by atoms with Crippen molar-refractivity contribution in [2.75, 3.05) is 0 Å². The van der Waals surface area contributed by atoms with Gasteiger partial charge in [-0.15, -0.1) is 0 Å². The molecule has 1 amide bonds. The van der Waals surface area contributed by atoms with Gasteiger partial charge in [0.05, 0.1) is 11.7 Å². The number of imidazole rings is 1. The number of hydrogen-bond donors (Lipinski definition) is 2. The van der Waals surface area contributed by atoms with Crippen molar-refractivity contribution in [3.05, 3.63) is 71.1 Å². The third kappa shape index (κ3) is 4.35. The van der Waals surface area contributed by atoms with E-state index in [0.29, 0.717) is 19.3 Å². The van der Waals surface area contributed by atoms with Crippen LogP contribution in [0.15, 0.2) is 47.2 Å². The smallest absolute Gasteiger partial charge is 0.220 e. The average molecular weight is 338 g/mol. The van der Waals surface area contributed by atoms with Crippen molar-refractivity contribution in [3.63, 3.8) is 0 Å². The number of hydrogen-bond acceptors (Lipinski definition) is 4. The lowest BCUT2D eigenvalue weighted by atomic mass is 10.0. The molecule has 2 aromatic heterocycles. The normalized spacial score (nSPS) is 12.1. The number of H-pyrrole nitrogens is 1. The predicted octanol–water partition coefficient (Wildman–Crippen LogP) is 3.05. The minimum absolute atomic E-state index is 0.000379. The monoisotopic (exact) mass is 338 g/mol. The lowest BCUT2D eigenvalue weighted by molar-refractivity contribution is -0.121. The third-order valence-electron chi connectivity index (χ3n) is 4.27. The topological polar surface area (TPSA) is 83.8 Å². The van der Waals surface area contributed by atoms with Gasteiger partial charge in [0.15, 0.2) is 0 Å². The van der Waals surface area contributed by atoms with E-state index in [1.807, 2.05) is 44.2 Å². The van der Waals surface area contributed by atoms with Crippen LogP contribution in [0.4, 0.5) is 0 Å². The zero-order chi connectivity index (χ0) is 17.6. The first-order valence-corrected chi connectivity index (χ1v) is 8.38. The summed E-state index contributed by atoms with van der Waals surface area (Å²) in [6.07, 6.45) is 5.14. The minimum Gasteiger partial charge on any atom is -0.361 e. The summed E-state index contributed by atoms with van der Waals surface area (Å²) in [5.41, 5.74) is 2.92. The van der Waals surface area contributed by atoms with Crippen LogP contribution in [-0.4, -0.2) is 21.0 Å². The highest BCUT2D eigenvalue weighted by molar-refractivity contribution is 5.76. The molecule has 0 aliphatic carbocycles. The maximum atomic E-state index is 12.5. The molecule has 0 saturated heterocycles. The van der Waals surface area contributed by atoms with E-state index in [1.54, 1.807) is 12.4 Å². The van der Waals surface area contributed by atoms with Gasteiger partial charge in [-0.1, -0.05) is 35.5 Å². The molecule has 2 heterocycles. The average Bonchev–Trinajstić information content (AvgIpc) is 3.24. The second-order valence-electron chi connectivity index (χ2n) is 6.07. The largest absolute Gasteiger partial charge is 0.361 e. The molecule has 0 fully saturated rings. The number of amides is 1. The zero-order valence-electron chi connectivity index (χ0n) is 14.5. The van der Waals surface area contributed by atoms with Crippen molar-refractivity contribution in [2.45, 2.75) is 39.2 Å². The van der Waals surface area contributed by atoms with Crippen LogP contribution < -0.4 is 5.32 Å². The second-order valence-corrected chi connectivity index (χ2v) is 6.07. The van der Waals surface area contributed by atoms with Crippen LogP contribution in [0.3, 0.4) is 0 Å². The highest BCUT2D eigenvalue weighted by Crippen LogP contribution is 2.18. The van der Waals surface area contributed by atoms with Crippen LogP contribution in [0.1, 0.15) is 40.9 Å². The van der Waals surface area contributed by atoms with Crippen LogP contribution in [0.25, 0.3) is 0 Å². The summed E-state index contributed by atoms with van der Waals surface area (Å²) in [7, 11) is 0. The van der Waals surface area contributed by atoms with Crippen molar-refractivity contribution in [1.29, 1.82) is 0 Å². The van der Waals surface area contributed by atoms with E-state index < -0.39 is 0 Å². The standard InChI is InChI=1S/C19H22N4O2/c1-13-16(14(2)25-23-13)8-9-19(24)22-17(12-18-20-10-11-21-18)15-6-4-3-5-7-15/h3-7,10-11,17H,8-9,12H2,1-2H3,(H,20,21)(H,22,24)/t17-/m1/s1. The van der Waals surface area contributed by atoms with E-state index >= 15 is 0 Å². The van der Waals surface area contributed by atoms with Gasteiger partial charge in [0.1, 0.15) is 11.6 Å². The quantitative estimate of drug-likeness (QED) is 0.693. The van der Waals surface area contributed by atoms with Crippen LogP contribution in [0, 0.1) is 13.8 Å². The van der Waals surface area contributed by atoms with E-state index in [9.17, 15) is 4.79 Å². The van der Waals surface area contributed by atoms with E-state index in [2.05, 4.69) is 20.4 Å². The summed E-state index contributed by atoms with van der Waals surface area (Å²) in [6, 6.07) is 9.82. The molecule has 2 N–H and O–H groups in total. The molecule has 0 unspecified atom stereocenters. The lowest BCUT2D eigenvalue weighted by Gasteiger charge is -2.18. The molecule has 0 bridgehead atoms. The number of aromatic nitrogens is 3. The van der Waals surface area contributed by atoms with Crippen LogP contribution in [0.5, 0.6) is 0 Å². The molecule has 0 saturated carbocycles. The Kier molecular flexibility index (Phi) is 5.28. The van der Waals surface area contributed by atoms with E-state index in [4.69, 9.17) is 4.52 Å². The number of aromatic amines is 1. The van der Waals surface area contributed by atoms with Crippen molar-refractivity contribution in [3.8, 4) is 0 Å². The van der Waals surface area contributed by atoms with Gasteiger partial charge in [0.2, 0.25) is 5.91 Å². The molecule has 1 atom stereocenters. The van der Waals surface area contributed by atoms with E-state index in [0.717, 1.165) is 28.4 Å². The van der Waals surface area contributed by atoms with Crippen LogP contribution in [0.2, 0.25) is 0 Å². The van der Waals surface area contributed by atoms with Crippen LogP contribution in [-0.2, 0) is 17.6 Å². The van der Waals surface area contributed by atoms with Gasteiger partial charge < -0.3 is 14.8 Å². The van der Waals surface area contributed by atoms with Crippen molar-refractivity contribution in [1.82, 2.24) is 20.4 Å². The predicted molar refractivity (Wildman–Crippen MR) is 93.9 cm³/mol. The fourth-order valence-electron chi connectivity index (χ4n) is 2.90. The number of nitrogens with zero attached hydrogens (tertiary/aromatic N) is 2. The fourth-order valence-corrected chi connectivity index (χ4v) is 2.90. The maximum absolute atomic E-state index is 12.5. The van der Waals surface area contributed by atoms with Gasteiger partial charge in [0.25, 0.3) is 0 Å². The first-order valence-electron chi connectivity index (χ1n) is 8.38. The summed E-state index contributed by atoms with van der Waals surface area (Å²) in [5, 5.41) is 7.06. The highest BCUT2D eigenvalue weighted by atomic mass is 16.5. The first kappa shape index (κ1) is 17.0. The molecule has 6 heteroatoms. The number of rotatable bonds is 7. The number of carbonyl (C=O) groups is 1. The number of nitrogens with one attached hydrogen (secondary N) is 2. The van der Waals surface area contributed by atoms with Crippen molar-refractivity contribution in [2.24, 2.45) is 0 Å². The van der Waals surface area contributed by atoms with E-state index in [1.165, 1.54) is 0 Å². The molecule has 3 rings (SSSR count). The molecule has 130 valence electrons. The molecule has 1 aromatic carbocycles. The fraction of sp³-hybridized carbons (Fsp3) is 0.316. The minimum atomic E-state index is -0.121. The zero-order valence-corrected chi connectivity index (χ0v) is 14.5. The Morgan fingerprint density at radius 3 is 2.72 bits per heavy atom. The molecule has 25 heavy (non-hydrogen) atoms. The Morgan fingerprint density at radius 2 is 2.08 bits per heavy atom. The summed E-state index contributed by atoms with van der Waals surface area (Å²) >= 11 is 0. The number of carbonyl (C=O) groups excluding carboxylic acids is 1. The number of benzene rings is 1. The first-order chi connectivity index (χ1) is 12.1. The van der Waals surface area contributed by atoms with Crippen LogP contribution >= 0.6 is 0 Å². The Labute approximate surface area is 146 Å². The molecule has 3 aromatic rings. The maximum Gasteiger partial charge on any atom is 0.220 e. The molecule has 0 radical (unpaired) electrons. The molecule has 0 aliphatic heterocycles. The summed E-state index contributed by atoms with van der Waals surface area (Å²) in [6.45, 7) is 3.77. The summed E-state index contributed by atoms with van der Waals surface area (Å²) in [5.74, 6) is 1.63. The Balaban J connectivity index is 1.66. The lowest BCUT2D eigenvalue weighted by Crippen LogP contribution is -2.30. The molecular formula is C19H22N4O2. The summed E-state index contributed by atoms with van der Waals surface area (Å²) < 4.78 is 5.15. The molecular weight excluding hydrogens is 316 g/mol. The second kappa shape index (κ2) is 7.79. The van der Waals surface area contributed by atoms with Gasteiger partial charge in [-0.3, -0.25) is 4.79 Å². The number of aryl methyl sites for hydroxylation is 2. The highest BCUT2D eigenvalue weighted by Gasteiger charge is 2.17. The van der Waals surface area contributed by atoms with Crippen molar-refractivity contribution < 1.29 is 9.32 Å². The van der Waals surface area contributed by atoms with Gasteiger partial charge >= 0.3 is 0 Å². The Hall–Kier alpha value is -2.89. The van der Waals surface area contributed by atoms with Gasteiger partial charge in [0, 0.05) is 30.8 Å². The van der Waals surface area contributed by atoms with Gasteiger partial charge in [-0.05, 0) is 25.8 Å². The Bertz CT molecular complexity index is 790. The van der Waals surface area contributed by atoms with E-state index in [-0.39, 0.29) is 11.9 Å². The van der Waals surface area contributed by atoms with Crippen molar-refractivity contribution >= 4 is 5.91 Å². The SMILES string of the molecule is Cc1noc(C)c1CCC(=O)N[C@H](Cc1ncc[nH]1)c1ccccc1. The van der Waals surface area contributed by atoms with Gasteiger partial charge in [-0.2, -0.15) is 0 Å². The molecule has 6 nitrogen and oxygen atoms in total. The summed E-state index contributed by atoms with van der Waals surface area (Å²) in [4.78, 5) is 19.8. The Morgan fingerprint density at radius 1 is 1.28 bits per heavy atom. The third-order valence-corrected chi connectivity index (χ3v) is 4.27. The van der Waals surface area contributed by atoms with Gasteiger partial charge in [-0.25, -0.2) is 4.98 Å².